The number of aryl methyl sites for hydroxylation is 2. The first kappa shape index (κ1) is 11.2. The highest BCUT2D eigenvalue weighted by molar-refractivity contribution is 5.15. The maximum atomic E-state index is 9.21. The molecule has 0 radical (unpaired) electrons. The molecule has 0 aliphatic rings. The van der Waals surface area contributed by atoms with Crippen LogP contribution in [0, 0.1) is 13.8 Å². The van der Waals surface area contributed by atoms with Crippen LogP contribution in [0.4, 0.5) is 0 Å². The topological polar surface area (TPSA) is 64.1 Å². The molecule has 14 heavy (non-hydrogen) atoms. The third kappa shape index (κ3) is 1.96. The van der Waals surface area contributed by atoms with Gasteiger partial charge in [-0.25, -0.2) is 4.98 Å². The Balaban J connectivity index is 3.04. The van der Waals surface area contributed by atoms with Crippen LogP contribution in [0.2, 0.25) is 0 Å². The Morgan fingerprint density at radius 1 is 1.50 bits per heavy atom. The molecule has 1 unspecified atom stereocenters. The van der Waals surface area contributed by atoms with Crippen LogP contribution < -0.4 is 5.73 Å². The summed E-state index contributed by atoms with van der Waals surface area (Å²) >= 11 is 0. The van der Waals surface area contributed by atoms with E-state index in [1.165, 1.54) is 0 Å². The molecule has 4 heteroatoms. The van der Waals surface area contributed by atoms with Crippen molar-refractivity contribution in [3.63, 3.8) is 0 Å². The fourth-order valence-electron chi connectivity index (χ4n) is 1.79. The van der Waals surface area contributed by atoms with E-state index in [9.17, 15) is 5.11 Å². The number of aliphatic hydroxyl groups excluding tert-OH is 1. The third-order valence-electron chi connectivity index (χ3n) is 2.45. The van der Waals surface area contributed by atoms with Crippen LogP contribution in [0.25, 0.3) is 0 Å². The molecule has 0 spiro atoms. The van der Waals surface area contributed by atoms with Crippen LogP contribution >= 0.6 is 0 Å². The highest BCUT2D eigenvalue weighted by Gasteiger charge is 2.15. The fourth-order valence-corrected chi connectivity index (χ4v) is 1.79. The lowest BCUT2D eigenvalue weighted by Gasteiger charge is -2.17. The normalized spacial score (nSPS) is 13.2. The minimum atomic E-state index is -0.0663. The predicted molar refractivity (Wildman–Crippen MR) is 55.8 cm³/mol. The SMILES string of the molecule is CCCC(N)n1c(C)nc(C)c1CO. The van der Waals surface area contributed by atoms with Gasteiger partial charge in [0.25, 0.3) is 0 Å². The summed E-state index contributed by atoms with van der Waals surface area (Å²) in [6.07, 6.45) is 1.87. The molecule has 0 saturated carbocycles. The third-order valence-corrected chi connectivity index (χ3v) is 2.45. The Labute approximate surface area is 84.8 Å². The molecule has 4 nitrogen and oxygen atoms in total. The summed E-state index contributed by atoms with van der Waals surface area (Å²) < 4.78 is 1.93. The van der Waals surface area contributed by atoms with Gasteiger partial charge in [0.05, 0.1) is 24.2 Å². The average Bonchev–Trinajstić information content (AvgIpc) is 2.40. The first-order valence-electron chi connectivity index (χ1n) is 5.02. The summed E-state index contributed by atoms with van der Waals surface area (Å²) in [5, 5.41) is 9.21. The zero-order valence-electron chi connectivity index (χ0n) is 9.12. The van der Waals surface area contributed by atoms with E-state index in [0.29, 0.717) is 0 Å². The van der Waals surface area contributed by atoms with E-state index in [0.717, 1.165) is 30.1 Å². The molecule has 0 amide bonds. The Morgan fingerprint density at radius 2 is 2.14 bits per heavy atom. The van der Waals surface area contributed by atoms with Crippen molar-refractivity contribution in [1.82, 2.24) is 9.55 Å². The number of hydrogen-bond donors (Lipinski definition) is 2. The van der Waals surface area contributed by atoms with Crippen molar-refractivity contribution >= 4 is 0 Å². The number of imidazole rings is 1. The maximum absolute atomic E-state index is 9.21. The average molecular weight is 197 g/mol. The smallest absolute Gasteiger partial charge is 0.107 e. The van der Waals surface area contributed by atoms with Crippen molar-refractivity contribution in [2.45, 2.75) is 46.4 Å². The minimum absolute atomic E-state index is 0.00406. The van der Waals surface area contributed by atoms with E-state index in [1.54, 1.807) is 0 Å². The highest BCUT2D eigenvalue weighted by atomic mass is 16.3. The van der Waals surface area contributed by atoms with Crippen LogP contribution in [0.1, 0.15) is 43.1 Å². The van der Waals surface area contributed by atoms with Crippen molar-refractivity contribution in [2.24, 2.45) is 5.73 Å². The quantitative estimate of drug-likeness (QED) is 0.763. The molecule has 1 aromatic heterocycles. The largest absolute Gasteiger partial charge is 0.390 e. The van der Waals surface area contributed by atoms with Crippen molar-refractivity contribution in [3.8, 4) is 0 Å². The molecular weight excluding hydrogens is 178 g/mol. The van der Waals surface area contributed by atoms with Crippen LogP contribution in [0.3, 0.4) is 0 Å². The fraction of sp³-hybridized carbons (Fsp3) is 0.700. The van der Waals surface area contributed by atoms with Crippen LogP contribution in [-0.2, 0) is 6.61 Å². The molecule has 0 aliphatic heterocycles. The monoisotopic (exact) mass is 197 g/mol. The maximum Gasteiger partial charge on any atom is 0.107 e. The summed E-state index contributed by atoms with van der Waals surface area (Å²) in [6, 6.07) is 0. The van der Waals surface area contributed by atoms with Crippen LogP contribution in [0.15, 0.2) is 0 Å². The molecule has 1 heterocycles. The van der Waals surface area contributed by atoms with Crippen molar-refractivity contribution in [2.75, 3.05) is 0 Å². The van der Waals surface area contributed by atoms with Crippen molar-refractivity contribution < 1.29 is 5.11 Å². The lowest BCUT2D eigenvalue weighted by molar-refractivity contribution is 0.263. The number of rotatable bonds is 4. The zero-order chi connectivity index (χ0) is 10.7. The van der Waals surface area contributed by atoms with Gasteiger partial charge in [0.1, 0.15) is 5.82 Å². The van der Waals surface area contributed by atoms with Gasteiger partial charge in [-0.15, -0.1) is 0 Å². The highest BCUT2D eigenvalue weighted by Crippen LogP contribution is 2.17. The van der Waals surface area contributed by atoms with E-state index in [-0.39, 0.29) is 12.8 Å². The molecule has 1 atom stereocenters. The molecule has 80 valence electrons. The van der Waals surface area contributed by atoms with Gasteiger partial charge < -0.3 is 15.4 Å². The summed E-state index contributed by atoms with van der Waals surface area (Å²) in [5.41, 5.74) is 7.72. The Bertz CT molecular complexity index is 307. The second-order valence-electron chi connectivity index (χ2n) is 3.58. The lowest BCUT2D eigenvalue weighted by Crippen LogP contribution is -2.21. The summed E-state index contributed by atoms with van der Waals surface area (Å²) in [6.45, 7) is 5.91. The van der Waals surface area contributed by atoms with Crippen molar-refractivity contribution in [1.29, 1.82) is 0 Å². The first-order valence-corrected chi connectivity index (χ1v) is 5.02. The summed E-state index contributed by atoms with van der Waals surface area (Å²) in [4.78, 5) is 4.31. The number of hydrogen-bond acceptors (Lipinski definition) is 3. The Hall–Kier alpha value is -0.870. The van der Waals surface area contributed by atoms with E-state index < -0.39 is 0 Å². The Morgan fingerprint density at radius 3 is 2.64 bits per heavy atom. The van der Waals surface area contributed by atoms with Crippen LogP contribution in [-0.4, -0.2) is 14.7 Å². The Kier molecular flexibility index (Phi) is 3.66. The van der Waals surface area contributed by atoms with Gasteiger partial charge in [-0.2, -0.15) is 0 Å². The molecule has 0 saturated heterocycles. The summed E-state index contributed by atoms with van der Waals surface area (Å²) in [5.74, 6) is 0.882. The van der Waals surface area contributed by atoms with Gasteiger partial charge in [-0.1, -0.05) is 13.3 Å². The molecule has 0 bridgehead atoms. The number of nitrogens with zero attached hydrogens (tertiary/aromatic N) is 2. The summed E-state index contributed by atoms with van der Waals surface area (Å²) in [7, 11) is 0. The minimum Gasteiger partial charge on any atom is -0.390 e. The molecular formula is C10H19N3O. The van der Waals surface area contributed by atoms with E-state index in [2.05, 4.69) is 11.9 Å². The molecule has 1 aromatic rings. The first-order chi connectivity index (χ1) is 6.61. The van der Waals surface area contributed by atoms with Crippen molar-refractivity contribution in [3.05, 3.63) is 17.2 Å². The van der Waals surface area contributed by atoms with Gasteiger partial charge in [0.2, 0.25) is 0 Å². The lowest BCUT2D eigenvalue weighted by atomic mass is 10.2. The van der Waals surface area contributed by atoms with Crippen LogP contribution in [0.5, 0.6) is 0 Å². The van der Waals surface area contributed by atoms with E-state index >= 15 is 0 Å². The van der Waals surface area contributed by atoms with Gasteiger partial charge in [-0.05, 0) is 20.3 Å². The molecule has 0 aliphatic carbocycles. The standard InChI is InChI=1S/C10H19N3O/c1-4-5-10(11)13-8(3)12-7(2)9(13)6-14/h10,14H,4-6,11H2,1-3H3. The number of nitrogens with two attached hydrogens (primary N) is 1. The van der Waals surface area contributed by atoms with Gasteiger partial charge in [0.15, 0.2) is 0 Å². The zero-order valence-corrected chi connectivity index (χ0v) is 9.12. The number of aromatic nitrogens is 2. The molecule has 3 N–H and O–H groups in total. The predicted octanol–water partition coefficient (Wildman–Crippen LogP) is 1.25. The number of aliphatic hydroxyl groups is 1. The van der Waals surface area contributed by atoms with Gasteiger partial charge >= 0.3 is 0 Å². The molecule has 0 fully saturated rings. The second kappa shape index (κ2) is 4.57. The molecule has 0 aromatic carbocycles. The van der Waals surface area contributed by atoms with Gasteiger partial charge in [0, 0.05) is 0 Å². The van der Waals surface area contributed by atoms with E-state index in [1.807, 2.05) is 18.4 Å². The molecule has 1 rings (SSSR count). The van der Waals surface area contributed by atoms with E-state index in [4.69, 9.17) is 5.73 Å². The van der Waals surface area contributed by atoms with Gasteiger partial charge in [-0.3, -0.25) is 0 Å². The second-order valence-corrected chi connectivity index (χ2v) is 3.58.